The molecule has 0 aliphatic carbocycles. The monoisotopic (exact) mass is 380 g/mol. The molecule has 0 fully saturated rings. The number of nitrogens with one attached hydrogen (secondary N) is 2. The Balaban J connectivity index is 2.10. The van der Waals surface area contributed by atoms with Crippen molar-refractivity contribution in [1.82, 2.24) is 4.98 Å². The van der Waals surface area contributed by atoms with Gasteiger partial charge in [-0.15, -0.1) is 0 Å². The summed E-state index contributed by atoms with van der Waals surface area (Å²) < 4.78 is 0. The van der Waals surface area contributed by atoms with Gasteiger partial charge in [0.2, 0.25) is 0 Å². The lowest BCUT2D eigenvalue weighted by Gasteiger charge is -2.20. The first-order valence-electron chi connectivity index (χ1n) is 9.22. The zero-order valence-electron chi connectivity index (χ0n) is 16.3. The number of anilines is 1. The Labute approximate surface area is 162 Å². The summed E-state index contributed by atoms with van der Waals surface area (Å²) in [4.78, 5) is 28.1. The van der Waals surface area contributed by atoms with E-state index in [-0.39, 0.29) is 39.9 Å². The highest BCUT2D eigenvalue weighted by atomic mass is 16.3. The SMILES string of the molecule is CC(C)c1cccc(C(C)C)c1NC(=O)c1cc(=O)c2c(O)ccc(O)c2[nH]1. The van der Waals surface area contributed by atoms with Crippen LogP contribution in [-0.4, -0.2) is 21.1 Å². The highest BCUT2D eigenvalue weighted by Crippen LogP contribution is 2.33. The highest BCUT2D eigenvalue weighted by molar-refractivity contribution is 6.05. The first kappa shape index (κ1) is 19.5. The molecule has 0 aliphatic heterocycles. The topological polar surface area (TPSA) is 102 Å². The number of rotatable bonds is 4. The molecule has 6 nitrogen and oxygen atoms in total. The van der Waals surface area contributed by atoms with E-state index in [1.807, 2.05) is 45.9 Å². The standard InChI is InChI=1S/C22H24N2O4/c1-11(2)13-6-5-7-14(12(3)4)20(13)24-22(28)15-10-18(27)19-16(25)8-9-17(26)21(19)23-15/h5-12,25-26H,1-4H3,(H,23,27)(H,24,28). The zero-order chi connectivity index (χ0) is 20.6. The number of aromatic hydroxyl groups is 2. The molecule has 0 saturated carbocycles. The molecule has 3 aromatic rings. The van der Waals surface area contributed by atoms with Gasteiger partial charge in [-0.3, -0.25) is 9.59 Å². The van der Waals surface area contributed by atoms with Crippen LogP contribution in [0, 0.1) is 0 Å². The fourth-order valence-corrected chi connectivity index (χ4v) is 3.33. The molecule has 1 amide bonds. The Hall–Kier alpha value is -3.28. The first-order valence-corrected chi connectivity index (χ1v) is 9.22. The van der Waals surface area contributed by atoms with Crippen LogP contribution >= 0.6 is 0 Å². The maximum absolute atomic E-state index is 12.9. The third kappa shape index (κ3) is 3.45. The Morgan fingerprint density at radius 3 is 2.11 bits per heavy atom. The second kappa shape index (κ2) is 7.38. The van der Waals surface area contributed by atoms with Crippen LogP contribution in [0.15, 0.2) is 41.2 Å². The number of H-pyrrole nitrogens is 1. The van der Waals surface area contributed by atoms with Gasteiger partial charge in [-0.05, 0) is 35.1 Å². The summed E-state index contributed by atoms with van der Waals surface area (Å²) in [5.41, 5.74) is 2.23. The minimum absolute atomic E-state index is 0.00617. The van der Waals surface area contributed by atoms with Gasteiger partial charge in [-0.2, -0.15) is 0 Å². The summed E-state index contributed by atoms with van der Waals surface area (Å²) in [6.07, 6.45) is 0. The van der Waals surface area contributed by atoms with Gasteiger partial charge < -0.3 is 20.5 Å². The van der Waals surface area contributed by atoms with E-state index in [4.69, 9.17) is 0 Å². The van der Waals surface area contributed by atoms with Crippen molar-refractivity contribution in [3.8, 4) is 11.5 Å². The Morgan fingerprint density at radius 2 is 1.54 bits per heavy atom. The van der Waals surface area contributed by atoms with Crippen LogP contribution in [0.3, 0.4) is 0 Å². The number of fused-ring (bicyclic) bond motifs is 1. The molecule has 0 bridgehead atoms. The van der Waals surface area contributed by atoms with E-state index in [9.17, 15) is 19.8 Å². The lowest BCUT2D eigenvalue weighted by atomic mass is 9.92. The molecular formula is C22H24N2O4. The summed E-state index contributed by atoms with van der Waals surface area (Å²) in [5, 5.41) is 22.8. The van der Waals surface area contributed by atoms with Gasteiger partial charge in [0.15, 0.2) is 5.43 Å². The molecule has 1 aromatic heterocycles. The molecule has 4 N–H and O–H groups in total. The van der Waals surface area contributed by atoms with E-state index < -0.39 is 11.3 Å². The number of hydrogen-bond donors (Lipinski definition) is 4. The van der Waals surface area contributed by atoms with Crippen LogP contribution in [-0.2, 0) is 0 Å². The molecule has 0 aliphatic rings. The van der Waals surface area contributed by atoms with Gasteiger partial charge in [0.05, 0.1) is 10.9 Å². The number of phenolic OH excluding ortho intramolecular Hbond substituents is 2. The van der Waals surface area contributed by atoms with Crippen LogP contribution < -0.4 is 10.7 Å². The molecule has 0 spiro atoms. The summed E-state index contributed by atoms with van der Waals surface area (Å²) in [7, 11) is 0. The molecule has 1 heterocycles. The number of phenols is 2. The minimum Gasteiger partial charge on any atom is -0.507 e. The maximum Gasteiger partial charge on any atom is 0.272 e. The van der Waals surface area contributed by atoms with Gasteiger partial charge >= 0.3 is 0 Å². The lowest BCUT2D eigenvalue weighted by Crippen LogP contribution is -2.19. The average molecular weight is 380 g/mol. The van der Waals surface area contributed by atoms with Crippen molar-refractivity contribution in [3.63, 3.8) is 0 Å². The van der Waals surface area contributed by atoms with Crippen LogP contribution in [0.4, 0.5) is 5.69 Å². The van der Waals surface area contributed by atoms with E-state index in [1.54, 1.807) is 0 Å². The van der Waals surface area contributed by atoms with Crippen LogP contribution in [0.5, 0.6) is 11.5 Å². The lowest BCUT2D eigenvalue weighted by molar-refractivity contribution is 0.102. The molecular weight excluding hydrogens is 356 g/mol. The van der Waals surface area contributed by atoms with Gasteiger partial charge in [-0.1, -0.05) is 45.9 Å². The largest absolute Gasteiger partial charge is 0.507 e. The number of hydrogen-bond acceptors (Lipinski definition) is 4. The van der Waals surface area contributed by atoms with E-state index in [1.165, 1.54) is 12.1 Å². The molecule has 6 heteroatoms. The third-order valence-corrected chi connectivity index (χ3v) is 4.80. The number of aromatic nitrogens is 1. The second-order valence-corrected chi connectivity index (χ2v) is 7.48. The molecule has 3 rings (SSSR count). The number of carbonyl (C=O) groups is 1. The van der Waals surface area contributed by atoms with Gasteiger partial charge in [-0.25, -0.2) is 0 Å². The first-order chi connectivity index (χ1) is 13.2. The molecule has 0 radical (unpaired) electrons. The van der Waals surface area contributed by atoms with Gasteiger partial charge in [0.1, 0.15) is 17.2 Å². The highest BCUT2D eigenvalue weighted by Gasteiger charge is 2.19. The summed E-state index contributed by atoms with van der Waals surface area (Å²) in [6, 6.07) is 9.54. The molecule has 0 atom stereocenters. The van der Waals surface area contributed by atoms with Crippen molar-refractivity contribution in [1.29, 1.82) is 0 Å². The van der Waals surface area contributed by atoms with E-state index in [0.29, 0.717) is 0 Å². The van der Waals surface area contributed by atoms with Crippen LogP contribution in [0.25, 0.3) is 10.9 Å². The number of amides is 1. The Kier molecular flexibility index (Phi) is 5.14. The third-order valence-electron chi connectivity index (χ3n) is 4.80. The van der Waals surface area contributed by atoms with Crippen LogP contribution in [0.2, 0.25) is 0 Å². The second-order valence-electron chi connectivity index (χ2n) is 7.48. The molecule has 28 heavy (non-hydrogen) atoms. The van der Waals surface area contributed by atoms with Gasteiger partial charge in [0.25, 0.3) is 5.91 Å². The fourth-order valence-electron chi connectivity index (χ4n) is 3.33. The molecule has 0 unspecified atom stereocenters. The van der Waals surface area contributed by atoms with Crippen molar-refractivity contribution in [3.05, 3.63) is 63.4 Å². The number of aromatic amines is 1. The Morgan fingerprint density at radius 1 is 0.964 bits per heavy atom. The van der Waals surface area contributed by atoms with Crippen molar-refractivity contribution in [2.45, 2.75) is 39.5 Å². The number of benzene rings is 2. The Bertz CT molecular complexity index is 1090. The van der Waals surface area contributed by atoms with E-state index >= 15 is 0 Å². The van der Waals surface area contributed by atoms with Gasteiger partial charge in [0, 0.05) is 11.8 Å². The normalized spacial score (nSPS) is 11.4. The molecule has 146 valence electrons. The molecule has 0 saturated heterocycles. The quantitative estimate of drug-likeness (QED) is 0.503. The summed E-state index contributed by atoms with van der Waals surface area (Å²) in [5.74, 6) is -0.564. The van der Waals surface area contributed by atoms with E-state index in [2.05, 4.69) is 10.3 Å². The fraction of sp³-hybridized carbons (Fsp3) is 0.273. The van der Waals surface area contributed by atoms with Crippen LogP contribution in [0.1, 0.15) is 61.1 Å². The van der Waals surface area contributed by atoms with Crippen molar-refractivity contribution in [2.24, 2.45) is 0 Å². The molecule has 2 aromatic carbocycles. The minimum atomic E-state index is -0.548. The summed E-state index contributed by atoms with van der Waals surface area (Å²) >= 11 is 0. The predicted octanol–water partition coefficient (Wildman–Crippen LogP) is 4.44. The average Bonchev–Trinajstić information content (AvgIpc) is 2.64. The van der Waals surface area contributed by atoms with Crippen molar-refractivity contribution < 1.29 is 15.0 Å². The number of carbonyl (C=O) groups excluding carboxylic acids is 1. The van der Waals surface area contributed by atoms with Crippen molar-refractivity contribution in [2.75, 3.05) is 5.32 Å². The van der Waals surface area contributed by atoms with Crippen molar-refractivity contribution >= 4 is 22.5 Å². The smallest absolute Gasteiger partial charge is 0.272 e. The maximum atomic E-state index is 12.9. The zero-order valence-corrected chi connectivity index (χ0v) is 16.3. The van der Waals surface area contributed by atoms with E-state index in [0.717, 1.165) is 22.9 Å². The number of para-hydroxylation sites is 1. The summed E-state index contributed by atoms with van der Waals surface area (Å²) in [6.45, 7) is 8.20. The number of pyridine rings is 1. The predicted molar refractivity (Wildman–Crippen MR) is 110 cm³/mol.